The Morgan fingerprint density at radius 3 is 2.82 bits per heavy atom. The summed E-state index contributed by atoms with van der Waals surface area (Å²) in [7, 11) is 4.21. The smallest absolute Gasteiger partial charge is 0.0238 e. The summed E-state index contributed by atoms with van der Waals surface area (Å²) >= 11 is 3.70. The summed E-state index contributed by atoms with van der Waals surface area (Å²) in [6.45, 7) is 3.29. The fourth-order valence-corrected chi connectivity index (χ4v) is 2.94. The predicted octanol–water partition coefficient (Wildman–Crippen LogP) is 2.98. The standard InChI is InChI=1S/C14H21BrN2/c1-17(2)10-13-6-5-11(8-14(13)15)12-4-3-7-16-9-12/h5-6,8,12,16H,3-4,7,9-10H2,1-2H3. The van der Waals surface area contributed by atoms with Crippen LogP contribution in [-0.4, -0.2) is 32.1 Å². The molecule has 0 amide bonds. The lowest BCUT2D eigenvalue weighted by atomic mass is 9.91. The molecule has 2 nitrogen and oxygen atoms in total. The summed E-state index contributed by atoms with van der Waals surface area (Å²) in [4.78, 5) is 2.20. The van der Waals surface area contributed by atoms with Crippen LogP contribution in [0, 0.1) is 0 Å². The van der Waals surface area contributed by atoms with Crippen molar-refractivity contribution in [2.24, 2.45) is 0 Å². The third-order valence-corrected chi connectivity index (χ3v) is 4.07. The average molecular weight is 297 g/mol. The van der Waals surface area contributed by atoms with Crippen LogP contribution in [0.5, 0.6) is 0 Å². The predicted molar refractivity (Wildman–Crippen MR) is 76.4 cm³/mol. The van der Waals surface area contributed by atoms with E-state index in [0.29, 0.717) is 5.92 Å². The van der Waals surface area contributed by atoms with Crippen molar-refractivity contribution in [3.05, 3.63) is 33.8 Å². The molecule has 1 fully saturated rings. The quantitative estimate of drug-likeness (QED) is 0.922. The molecule has 1 atom stereocenters. The van der Waals surface area contributed by atoms with E-state index < -0.39 is 0 Å². The number of nitrogens with one attached hydrogen (secondary N) is 1. The van der Waals surface area contributed by atoms with E-state index in [2.05, 4.69) is 58.4 Å². The molecule has 1 aromatic rings. The zero-order valence-electron chi connectivity index (χ0n) is 10.7. The van der Waals surface area contributed by atoms with Gasteiger partial charge >= 0.3 is 0 Å². The molecule has 1 aromatic carbocycles. The molecule has 0 radical (unpaired) electrons. The highest BCUT2D eigenvalue weighted by Gasteiger charge is 2.15. The van der Waals surface area contributed by atoms with Gasteiger partial charge in [-0.25, -0.2) is 0 Å². The van der Waals surface area contributed by atoms with Crippen LogP contribution in [0.3, 0.4) is 0 Å². The van der Waals surface area contributed by atoms with Gasteiger partial charge in [0.1, 0.15) is 0 Å². The molecular weight excluding hydrogens is 276 g/mol. The van der Waals surface area contributed by atoms with Gasteiger partial charge in [0.15, 0.2) is 0 Å². The van der Waals surface area contributed by atoms with E-state index in [-0.39, 0.29) is 0 Å². The minimum Gasteiger partial charge on any atom is -0.316 e. The van der Waals surface area contributed by atoms with Crippen LogP contribution in [0.25, 0.3) is 0 Å². The van der Waals surface area contributed by atoms with E-state index in [1.54, 1.807) is 0 Å². The molecule has 1 saturated heterocycles. The zero-order chi connectivity index (χ0) is 12.3. The second kappa shape index (κ2) is 5.98. The topological polar surface area (TPSA) is 15.3 Å². The maximum atomic E-state index is 3.70. The summed E-state index contributed by atoms with van der Waals surface area (Å²) < 4.78 is 1.24. The highest BCUT2D eigenvalue weighted by molar-refractivity contribution is 9.10. The summed E-state index contributed by atoms with van der Waals surface area (Å²) in [6.07, 6.45) is 2.61. The first-order valence-corrected chi connectivity index (χ1v) is 7.10. The van der Waals surface area contributed by atoms with E-state index >= 15 is 0 Å². The SMILES string of the molecule is CN(C)Cc1ccc(C2CCCNC2)cc1Br. The molecule has 1 aliphatic heterocycles. The molecule has 0 aliphatic carbocycles. The number of benzene rings is 1. The lowest BCUT2D eigenvalue weighted by Gasteiger charge is -2.24. The molecule has 1 N–H and O–H groups in total. The van der Waals surface area contributed by atoms with E-state index in [1.807, 2.05) is 0 Å². The van der Waals surface area contributed by atoms with E-state index in [0.717, 1.165) is 13.1 Å². The third-order valence-electron chi connectivity index (χ3n) is 3.33. The molecule has 0 spiro atoms. The molecule has 1 heterocycles. The van der Waals surface area contributed by atoms with Crippen molar-refractivity contribution >= 4 is 15.9 Å². The van der Waals surface area contributed by atoms with Crippen LogP contribution >= 0.6 is 15.9 Å². The first-order chi connectivity index (χ1) is 8.16. The highest BCUT2D eigenvalue weighted by atomic mass is 79.9. The molecule has 1 unspecified atom stereocenters. The number of hydrogen-bond donors (Lipinski definition) is 1. The Balaban J connectivity index is 2.12. The van der Waals surface area contributed by atoms with Gasteiger partial charge in [-0.1, -0.05) is 28.1 Å². The van der Waals surface area contributed by atoms with Crippen LogP contribution in [0.4, 0.5) is 0 Å². The minimum absolute atomic E-state index is 0.688. The minimum atomic E-state index is 0.688. The van der Waals surface area contributed by atoms with Gasteiger partial charge in [-0.15, -0.1) is 0 Å². The maximum Gasteiger partial charge on any atom is 0.0238 e. The van der Waals surface area contributed by atoms with Crippen LogP contribution in [-0.2, 0) is 6.54 Å². The number of halogens is 1. The molecule has 94 valence electrons. The van der Waals surface area contributed by atoms with Gasteiger partial charge in [-0.05, 0) is 56.6 Å². The Hall–Kier alpha value is -0.380. The van der Waals surface area contributed by atoms with Gasteiger partial charge in [0, 0.05) is 17.6 Å². The Kier molecular flexibility index (Phi) is 4.60. The van der Waals surface area contributed by atoms with E-state index in [4.69, 9.17) is 0 Å². The normalized spacial score (nSPS) is 20.8. The van der Waals surface area contributed by atoms with Crippen molar-refractivity contribution in [3.63, 3.8) is 0 Å². The second-order valence-electron chi connectivity index (χ2n) is 5.13. The van der Waals surface area contributed by atoms with Crippen LogP contribution in [0.15, 0.2) is 22.7 Å². The molecule has 1 aliphatic rings. The Labute approximate surface area is 113 Å². The second-order valence-corrected chi connectivity index (χ2v) is 5.99. The monoisotopic (exact) mass is 296 g/mol. The number of nitrogens with zero attached hydrogens (tertiary/aromatic N) is 1. The number of hydrogen-bond acceptors (Lipinski definition) is 2. The zero-order valence-corrected chi connectivity index (χ0v) is 12.3. The Bertz CT molecular complexity index is 370. The van der Waals surface area contributed by atoms with Gasteiger partial charge < -0.3 is 10.2 Å². The first kappa shape index (κ1) is 13.1. The van der Waals surface area contributed by atoms with Gasteiger partial charge in [-0.2, -0.15) is 0 Å². The van der Waals surface area contributed by atoms with Crippen molar-refractivity contribution in [2.45, 2.75) is 25.3 Å². The van der Waals surface area contributed by atoms with Crippen molar-refractivity contribution in [1.29, 1.82) is 0 Å². The van der Waals surface area contributed by atoms with E-state index in [1.165, 1.54) is 35.0 Å². The molecular formula is C14H21BrN2. The van der Waals surface area contributed by atoms with Crippen molar-refractivity contribution < 1.29 is 0 Å². The maximum absolute atomic E-state index is 3.70. The lowest BCUT2D eigenvalue weighted by Crippen LogP contribution is -2.28. The van der Waals surface area contributed by atoms with Crippen LogP contribution < -0.4 is 5.32 Å². The molecule has 0 bridgehead atoms. The number of piperidine rings is 1. The number of rotatable bonds is 3. The van der Waals surface area contributed by atoms with Gasteiger partial charge in [0.25, 0.3) is 0 Å². The lowest BCUT2D eigenvalue weighted by molar-refractivity contribution is 0.401. The van der Waals surface area contributed by atoms with Crippen molar-refractivity contribution in [3.8, 4) is 0 Å². The van der Waals surface area contributed by atoms with Gasteiger partial charge in [0.2, 0.25) is 0 Å². The molecule has 3 heteroatoms. The largest absolute Gasteiger partial charge is 0.316 e. The van der Waals surface area contributed by atoms with Gasteiger partial charge in [0.05, 0.1) is 0 Å². The summed E-state index contributed by atoms with van der Waals surface area (Å²) in [5, 5.41) is 3.48. The average Bonchev–Trinajstić information content (AvgIpc) is 2.32. The summed E-state index contributed by atoms with van der Waals surface area (Å²) in [6, 6.07) is 6.85. The molecule has 2 rings (SSSR count). The van der Waals surface area contributed by atoms with Crippen LogP contribution in [0.1, 0.15) is 29.9 Å². The third kappa shape index (κ3) is 3.54. The Morgan fingerprint density at radius 1 is 1.41 bits per heavy atom. The first-order valence-electron chi connectivity index (χ1n) is 6.30. The molecule has 0 saturated carbocycles. The summed E-state index contributed by atoms with van der Waals surface area (Å²) in [5.74, 6) is 0.688. The van der Waals surface area contributed by atoms with Crippen molar-refractivity contribution in [1.82, 2.24) is 10.2 Å². The van der Waals surface area contributed by atoms with Crippen LogP contribution in [0.2, 0.25) is 0 Å². The fraction of sp³-hybridized carbons (Fsp3) is 0.571. The van der Waals surface area contributed by atoms with Crippen molar-refractivity contribution in [2.75, 3.05) is 27.2 Å². The highest BCUT2D eigenvalue weighted by Crippen LogP contribution is 2.28. The Morgan fingerprint density at radius 2 is 2.24 bits per heavy atom. The summed E-state index contributed by atoms with van der Waals surface area (Å²) in [5.41, 5.74) is 2.83. The fourth-order valence-electron chi connectivity index (χ4n) is 2.42. The molecule has 0 aromatic heterocycles. The van der Waals surface area contributed by atoms with Gasteiger partial charge in [-0.3, -0.25) is 0 Å². The van der Waals surface area contributed by atoms with E-state index in [9.17, 15) is 0 Å². The molecule has 17 heavy (non-hydrogen) atoms.